The van der Waals surface area contributed by atoms with Crippen LogP contribution in [0, 0.1) is 6.92 Å². The van der Waals surface area contributed by atoms with Gasteiger partial charge < -0.3 is 5.32 Å². The van der Waals surface area contributed by atoms with E-state index in [1.54, 1.807) is 0 Å². The zero-order valence-corrected chi connectivity index (χ0v) is 15.1. The third kappa shape index (κ3) is 3.78. The first-order chi connectivity index (χ1) is 12.8. The Labute approximate surface area is 155 Å². The predicted molar refractivity (Wildman–Crippen MR) is 113 cm³/mol. The minimum Gasteiger partial charge on any atom is -0.356 e. The Morgan fingerprint density at radius 1 is 0.654 bits per heavy atom. The van der Waals surface area contributed by atoms with Gasteiger partial charge in [0.1, 0.15) is 0 Å². The number of allylic oxidation sites excluding steroid dienone is 4. The van der Waals surface area contributed by atoms with Gasteiger partial charge in [0.05, 0.1) is 0 Å². The molecular formula is C25H23N. The number of benzene rings is 3. The molecule has 128 valence electrons. The van der Waals surface area contributed by atoms with Gasteiger partial charge in [0, 0.05) is 11.4 Å². The summed E-state index contributed by atoms with van der Waals surface area (Å²) >= 11 is 0. The van der Waals surface area contributed by atoms with Crippen molar-refractivity contribution in [1.82, 2.24) is 0 Å². The van der Waals surface area contributed by atoms with Crippen molar-refractivity contribution in [2.75, 3.05) is 5.32 Å². The number of rotatable bonds is 4. The molecular weight excluding hydrogens is 314 g/mol. The summed E-state index contributed by atoms with van der Waals surface area (Å²) in [6, 6.07) is 26.0. The molecule has 26 heavy (non-hydrogen) atoms. The van der Waals surface area contributed by atoms with Crippen LogP contribution in [0.1, 0.15) is 24.0 Å². The number of anilines is 2. The SMILES string of the molecule is Cc1ccc(-c2ccc(Nc3ccc(C4=CC=CCC4)cc3)cc2)cc1. The molecule has 0 spiro atoms. The van der Waals surface area contributed by atoms with Crippen molar-refractivity contribution in [3.8, 4) is 11.1 Å². The molecule has 0 bridgehead atoms. The second-order valence-corrected chi connectivity index (χ2v) is 6.80. The predicted octanol–water partition coefficient (Wildman–Crippen LogP) is 7.14. The standard InChI is InChI=1S/C25H23N/c1-19-7-9-21(10-8-19)23-13-17-25(18-14-23)26-24-15-11-22(12-16-24)20-5-3-2-4-6-20/h2-3,5,7-18,26H,4,6H2,1H3. The lowest BCUT2D eigenvalue weighted by atomic mass is 9.97. The topological polar surface area (TPSA) is 12.0 Å². The molecule has 0 saturated carbocycles. The monoisotopic (exact) mass is 337 g/mol. The highest BCUT2D eigenvalue weighted by Crippen LogP contribution is 2.27. The van der Waals surface area contributed by atoms with E-state index in [9.17, 15) is 0 Å². The van der Waals surface area contributed by atoms with Crippen LogP contribution in [0.25, 0.3) is 16.7 Å². The lowest BCUT2D eigenvalue weighted by Crippen LogP contribution is -1.92. The van der Waals surface area contributed by atoms with Crippen LogP contribution in [0.2, 0.25) is 0 Å². The Kier molecular flexibility index (Phi) is 4.70. The number of nitrogens with one attached hydrogen (secondary N) is 1. The fraction of sp³-hybridized carbons (Fsp3) is 0.120. The Morgan fingerprint density at radius 2 is 1.19 bits per heavy atom. The molecule has 0 fully saturated rings. The van der Waals surface area contributed by atoms with E-state index in [2.05, 4.69) is 103 Å². The van der Waals surface area contributed by atoms with Crippen LogP contribution in [0.5, 0.6) is 0 Å². The molecule has 1 N–H and O–H groups in total. The maximum atomic E-state index is 3.49. The van der Waals surface area contributed by atoms with Gasteiger partial charge in [-0.3, -0.25) is 0 Å². The highest BCUT2D eigenvalue weighted by atomic mass is 14.9. The van der Waals surface area contributed by atoms with E-state index in [1.165, 1.54) is 27.8 Å². The molecule has 0 amide bonds. The lowest BCUT2D eigenvalue weighted by molar-refractivity contribution is 1.05. The number of hydrogen-bond acceptors (Lipinski definition) is 1. The summed E-state index contributed by atoms with van der Waals surface area (Å²) < 4.78 is 0. The Morgan fingerprint density at radius 3 is 1.73 bits per heavy atom. The molecule has 0 radical (unpaired) electrons. The fourth-order valence-corrected chi connectivity index (χ4v) is 3.27. The second kappa shape index (κ2) is 7.45. The van der Waals surface area contributed by atoms with E-state index in [0.29, 0.717) is 0 Å². The van der Waals surface area contributed by atoms with Gasteiger partial charge in [-0.05, 0) is 66.3 Å². The minimum absolute atomic E-state index is 1.11. The van der Waals surface area contributed by atoms with Gasteiger partial charge >= 0.3 is 0 Å². The Balaban J connectivity index is 1.46. The van der Waals surface area contributed by atoms with Crippen LogP contribution in [-0.2, 0) is 0 Å². The van der Waals surface area contributed by atoms with Crippen molar-refractivity contribution < 1.29 is 0 Å². The summed E-state index contributed by atoms with van der Waals surface area (Å²) in [6.45, 7) is 2.11. The van der Waals surface area contributed by atoms with E-state index >= 15 is 0 Å². The lowest BCUT2D eigenvalue weighted by Gasteiger charge is -2.11. The fourth-order valence-electron chi connectivity index (χ4n) is 3.27. The smallest absolute Gasteiger partial charge is 0.0384 e. The molecule has 1 aliphatic carbocycles. The van der Waals surface area contributed by atoms with Crippen LogP contribution in [-0.4, -0.2) is 0 Å². The molecule has 3 aromatic carbocycles. The van der Waals surface area contributed by atoms with Crippen LogP contribution < -0.4 is 5.32 Å². The van der Waals surface area contributed by atoms with Crippen LogP contribution in [0.3, 0.4) is 0 Å². The quantitative estimate of drug-likeness (QED) is 0.533. The Bertz CT molecular complexity index is 927. The number of hydrogen-bond donors (Lipinski definition) is 1. The number of aryl methyl sites for hydroxylation is 1. The second-order valence-electron chi connectivity index (χ2n) is 6.80. The van der Waals surface area contributed by atoms with Gasteiger partial charge in [0.15, 0.2) is 0 Å². The highest BCUT2D eigenvalue weighted by Gasteiger charge is 2.04. The highest BCUT2D eigenvalue weighted by molar-refractivity contribution is 5.72. The molecule has 0 aliphatic heterocycles. The molecule has 0 atom stereocenters. The van der Waals surface area contributed by atoms with Crippen LogP contribution >= 0.6 is 0 Å². The minimum atomic E-state index is 1.11. The summed E-state index contributed by atoms with van der Waals surface area (Å²) in [5.41, 5.74) is 8.73. The third-order valence-electron chi connectivity index (χ3n) is 4.83. The van der Waals surface area contributed by atoms with Crippen molar-refractivity contribution in [2.45, 2.75) is 19.8 Å². The van der Waals surface area contributed by atoms with E-state index in [0.717, 1.165) is 24.2 Å². The van der Waals surface area contributed by atoms with E-state index < -0.39 is 0 Å². The van der Waals surface area contributed by atoms with Crippen molar-refractivity contribution >= 4 is 16.9 Å². The van der Waals surface area contributed by atoms with E-state index in [4.69, 9.17) is 0 Å². The van der Waals surface area contributed by atoms with Crippen molar-refractivity contribution in [3.05, 3.63) is 102 Å². The molecule has 1 heteroatoms. The van der Waals surface area contributed by atoms with Gasteiger partial charge in [-0.15, -0.1) is 0 Å². The zero-order valence-electron chi connectivity index (χ0n) is 15.1. The largest absolute Gasteiger partial charge is 0.356 e. The third-order valence-corrected chi connectivity index (χ3v) is 4.83. The molecule has 0 unspecified atom stereocenters. The zero-order chi connectivity index (χ0) is 17.8. The summed E-state index contributed by atoms with van der Waals surface area (Å²) in [6.07, 6.45) is 8.86. The van der Waals surface area contributed by atoms with Crippen molar-refractivity contribution in [3.63, 3.8) is 0 Å². The average Bonchev–Trinajstić information content (AvgIpc) is 2.71. The van der Waals surface area contributed by atoms with E-state index in [-0.39, 0.29) is 0 Å². The average molecular weight is 337 g/mol. The Hall–Kier alpha value is -3.06. The maximum absolute atomic E-state index is 3.49. The van der Waals surface area contributed by atoms with Crippen molar-refractivity contribution in [2.24, 2.45) is 0 Å². The molecule has 4 rings (SSSR count). The van der Waals surface area contributed by atoms with Crippen LogP contribution in [0.15, 0.2) is 91.0 Å². The van der Waals surface area contributed by atoms with Gasteiger partial charge in [0.25, 0.3) is 0 Å². The first kappa shape index (κ1) is 16.4. The van der Waals surface area contributed by atoms with Crippen LogP contribution in [0.4, 0.5) is 11.4 Å². The summed E-state index contributed by atoms with van der Waals surface area (Å²) in [4.78, 5) is 0. The first-order valence-electron chi connectivity index (χ1n) is 9.18. The molecule has 0 saturated heterocycles. The molecule has 1 nitrogen and oxygen atoms in total. The summed E-state index contributed by atoms with van der Waals surface area (Å²) in [7, 11) is 0. The van der Waals surface area contributed by atoms with Gasteiger partial charge in [-0.1, -0.05) is 72.3 Å². The maximum Gasteiger partial charge on any atom is 0.0384 e. The first-order valence-corrected chi connectivity index (χ1v) is 9.18. The molecule has 3 aromatic rings. The van der Waals surface area contributed by atoms with Gasteiger partial charge in [-0.2, -0.15) is 0 Å². The van der Waals surface area contributed by atoms with Crippen molar-refractivity contribution in [1.29, 1.82) is 0 Å². The van der Waals surface area contributed by atoms with Gasteiger partial charge in [0.2, 0.25) is 0 Å². The van der Waals surface area contributed by atoms with E-state index in [1.807, 2.05) is 0 Å². The normalized spacial score (nSPS) is 13.3. The molecule has 1 aliphatic rings. The molecule has 0 aromatic heterocycles. The summed E-state index contributed by atoms with van der Waals surface area (Å²) in [5.74, 6) is 0. The van der Waals surface area contributed by atoms with Gasteiger partial charge in [-0.25, -0.2) is 0 Å². The molecule has 0 heterocycles. The summed E-state index contributed by atoms with van der Waals surface area (Å²) in [5, 5.41) is 3.49.